The summed E-state index contributed by atoms with van der Waals surface area (Å²) in [6.45, 7) is 1.69. The Bertz CT molecular complexity index is 1560. The number of aromatic nitrogens is 4. The Labute approximate surface area is 190 Å². The van der Waals surface area contributed by atoms with Gasteiger partial charge in [0.05, 0.1) is 28.1 Å². The Hall–Kier alpha value is -4.05. The van der Waals surface area contributed by atoms with Gasteiger partial charge in [0.2, 0.25) is 5.88 Å². The molecule has 0 atom stereocenters. The van der Waals surface area contributed by atoms with Crippen molar-refractivity contribution in [1.29, 1.82) is 0 Å². The minimum absolute atomic E-state index is 0.181. The number of aromatic amines is 3. The molecule has 11 heteroatoms. The lowest BCUT2D eigenvalue weighted by molar-refractivity contribution is 0.430. The molecule has 1 saturated heterocycles. The number of nitrogens with zero attached hydrogens (tertiary/aromatic N) is 3. The number of nitrogens with one attached hydrogen (secondary N) is 3. The Morgan fingerprint density at radius 2 is 1.64 bits per heavy atom. The minimum atomic E-state index is -0.791. The van der Waals surface area contributed by atoms with Gasteiger partial charge in [0.1, 0.15) is 5.56 Å². The van der Waals surface area contributed by atoms with Crippen LogP contribution in [0.25, 0.3) is 16.7 Å². The van der Waals surface area contributed by atoms with Gasteiger partial charge in [0.25, 0.3) is 5.56 Å². The van der Waals surface area contributed by atoms with E-state index in [0.717, 1.165) is 36.2 Å². The molecule has 4 aromatic rings. The van der Waals surface area contributed by atoms with Gasteiger partial charge in [-0.1, -0.05) is 11.6 Å². The first kappa shape index (κ1) is 20.8. The number of hydrogen-bond acceptors (Lipinski definition) is 6. The number of aliphatic imine (C=N–C) groups is 1. The Balaban J connectivity index is 1.63. The van der Waals surface area contributed by atoms with E-state index >= 15 is 0 Å². The molecule has 0 spiro atoms. The second kappa shape index (κ2) is 8.14. The van der Waals surface area contributed by atoms with E-state index < -0.39 is 17.1 Å². The maximum atomic E-state index is 12.5. The Morgan fingerprint density at radius 3 is 2.33 bits per heavy atom. The number of rotatable bonds is 4. The summed E-state index contributed by atoms with van der Waals surface area (Å²) in [4.78, 5) is 50.9. The zero-order valence-corrected chi connectivity index (χ0v) is 18.0. The summed E-state index contributed by atoms with van der Waals surface area (Å²) in [6, 6.07) is 9.77. The first-order valence-electron chi connectivity index (χ1n) is 10.3. The van der Waals surface area contributed by atoms with Crippen LogP contribution in [0.2, 0.25) is 5.02 Å². The van der Waals surface area contributed by atoms with Gasteiger partial charge in [-0.25, -0.2) is 14.2 Å². The van der Waals surface area contributed by atoms with Gasteiger partial charge in [-0.2, -0.15) is 0 Å². The monoisotopic (exact) mass is 466 g/mol. The molecule has 2 aromatic heterocycles. The molecular formula is C22H19ClN6O4. The summed E-state index contributed by atoms with van der Waals surface area (Å²) >= 11 is 5.91. The third-order valence-corrected chi connectivity index (χ3v) is 5.85. The van der Waals surface area contributed by atoms with Crippen LogP contribution in [0.3, 0.4) is 0 Å². The maximum absolute atomic E-state index is 12.5. The number of anilines is 1. The van der Waals surface area contributed by atoms with E-state index in [4.69, 9.17) is 11.6 Å². The highest BCUT2D eigenvalue weighted by Gasteiger charge is 2.18. The molecule has 0 amide bonds. The van der Waals surface area contributed by atoms with Crippen molar-refractivity contribution in [1.82, 2.24) is 19.5 Å². The molecule has 5 rings (SSSR count). The second-order valence-corrected chi connectivity index (χ2v) is 8.16. The van der Waals surface area contributed by atoms with Crippen molar-refractivity contribution >= 4 is 40.2 Å². The van der Waals surface area contributed by atoms with Crippen LogP contribution in [-0.2, 0) is 0 Å². The van der Waals surface area contributed by atoms with Crippen molar-refractivity contribution in [3.63, 3.8) is 0 Å². The number of H-pyrrole nitrogens is 3. The average molecular weight is 467 g/mol. The molecule has 2 aromatic carbocycles. The highest BCUT2D eigenvalue weighted by Crippen LogP contribution is 2.34. The number of benzene rings is 2. The molecule has 10 nitrogen and oxygen atoms in total. The number of halogens is 1. The van der Waals surface area contributed by atoms with Crippen LogP contribution in [0.15, 0.2) is 55.8 Å². The molecule has 33 heavy (non-hydrogen) atoms. The summed E-state index contributed by atoms with van der Waals surface area (Å²) in [5.74, 6) is -0.548. The van der Waals surface area contributed by atoms with Crippen molar-refractivity contribution < 1.29 is 5.11 Å². The average Bonchev–Trinajstić information content (AvgIpc) is 3.42. The lowest BCUT2D eigenvalue weighted by Crippen LogP contribution is -2.31. The quantitative estimate of drug-likeness (QED) is 0.342. The zero-order valence-electron chi connectivity index (χ0n) is 17.3. The van der Waals surface area contributed by atoms with Crippen LogP contribution in [0.4, 0.5) is 11.4 Å². The summed E-state index contributed by atoms with van der Waals surface area (Å²) in [5.41, 5.74) is 0.791. The van der Waals surface area contributed by atoms with E-state index in [-0.39, 0.29) is 11.3 Å². The third kappa shape index (κ3) is 3.85. The molecule has 1 aliphatic heterocycles. The summed E-state index contributed by atoms with van der Waals surface area (Å²) in [6.07, 6.45) is 3.29. The fraction of sp³-hybridized carbons (Fsp3) is 0.182. The normalized spacial score (nSPS) is 14.0. The van der Waals surface area contributed by atoms with Crippen molar-refractivity contribution in [2.45, 2.75) is 12.8 Å². The van der Waals surface area contributed by atoms with E-state index in [1.54, 1.807) is 30.3 Å². The molecule has 0 aliphatic carbocycles. The Kier molecular flexibility index (Phi) is 5.14. The van der Waals surface area contributed by atoms with Gasteiger partial charge in [-0.15, -0.1) is 0 Å². The molecule has 0 saturated carbocycles. The van der Waals surface area contributed by atoms with Crippen molar-refractivity contribution in [2.75, 3.05) is 18.0 Å². The van der Waals surface area contributed by atoms with Gasteiger partial charge in [0, 0.05) is 24.3 Å². The number of aromatic hydroxyl groups is 1. The fourth-order valence-electron chi connectivity index (χ4n) is 3.99. The van der Waals surface area contributed by atoms with E-state index in [2.05, 4.69) is 24.8 Å². The highest BCUT2D eigenvalue weighted by atomic mass is 35.5. The largest absolute Gasteiger partial charge is 0.493 e. The van der Waals surface area contributed by atoms with Crippen molar-refractivity contribution in [3.8, 4) is 11.6 Å². The second-order valence-electron chi connectivity index (χ2n) is 7.73. The predicted octanol–water partition coefficient (Wildman–Crippen LogP) is 2.41. The topological polar surface area (TPSA) is 139 Å². The molecular weight excluding hydrogens is 448 g/mol. The van der Waals surface area contributed by atoms with E-state index in [9.17, 15) is 19.5 Å². The van der Waals surface area contributed by atoms with Crippen LogP contribution in [0.1, 0.15) is 18.4 Å². The van der Waals surface area contributed by atoms with Crippen LogP contribution in [0.5, 0.6) is 5.88 Å². The lowest BCUT2D eigenvalue weighted by atomic mass is 10.2. The number of hydrogen-bond donors (Lipinski definition) is 4. The molecule has 0 radical (unpaired) electrons. The van der Waals surface area contributed by atoms with Gasteiger partial charge in [-0.3, -0.25) is 14.8 Å². The van der Waals surface area contributed by atoms with E-state index in [1.165, 1.54) is 6.21 Å². The van der Waals surface area contributed by atoms with Crippen LogP contribution in [0, 0.1) is 0 Å². The fourth-order valence-corrected chi connectivity index (χ4v) is 4.12. The SMILES string of the molecule is O=c1[nH]c2cc(N=Cc3c(O)n(-c4ccc(Cl)cc4)c(=O)[nH]c3=O)c(N3CCCC3)cc2[nH]1. The van der Waals surface area contributed by atoms with E-state index in [1.807, 2.05) is 6.07 Å². The molecule has 168 valence electrons. The first-order valence-corrected chi connectivity index (χ1v) is 10.7. The van der Waals surface area contributed by atoms with Crippen molar-refractivity contribution in [3.05, 3.63) is 78.3 Å². The third-order valence-electron chi connectivity index (χ3n) is 5.60. The van der Waals surface area contributed by atoms with Gasteiger partial charge >= 0.3 is 11.4 Å². The summed E-state index contributed by atoms with van der Waals surface area (Å²) in [7, 11) is 0. The molecule has 4 N–H and O–H groups in total. The number of fused-ring (bicyclic) bond motifs is 1. The van der Waals surface area contributed by atoms with Gasteiger partial charge < -0.3 is 20.0 Å². The number of imidazole rings is 1. The first-order chi connectivity index (χ1) is 15.9. The lowest BCUT2D eigenvalue weighted by Gasteiger charge is -2.19. The summed E-state index contributed by atoms with van der Waals surface area (Å²) < 4.78 is 0.966. The van der Waals surface area contributed by atoms with Crippen LogP contribution in [-0.4, -0.2) is 43.9 Å². The zero-order chi connectivity index (χ0) is 23.1. The van der Waals surface area contributed by atoms with Crippen molar-refractivity contribution in [2.24, 2.45) is 4.99 Å². The van der Waals surface area contributed by atoms with Gasteiger partial charge in [-0.05, 0) is 49.2 Å². The van der Waals surface area contributed by atoms with Crippen LogP contribution < -0.4 is 21.8 Å². The highest BCUT2D eigenvalue weighted by molar-refractivity contribution is 6.30. The van der Waals surface area contributed by atoms with Gasteiger partial charge in [0.15, 0.2) is 0 Å². The Morgan fingerprint density at radius 1 is 0.970 bits per heavy atom. The summed E-state index contributed by atoms with van der Waals surface area (Å²) in [5, 5.41) is 11.2. The molecule has 3 heterocycles. The molecule has 0 bridgehead atoms. The molecule has 1 fully saturated rings. The van der Waals surface area contributed by atoms with E-state index in [0.29, 0.717) is 27.4 Å². The predicted molar refractivity (Wildman–Crippen MR) is 127 cm³/mol. The minimum Gasteiger partial charge on any atom is -0.493 e. The maximum Gasteiger partial charge on any atom is 0.335 e. The standard InChI is InChI=1S/C22H19ClN6O4/c23-12-3-5-13(6-4-12)29-20(31)14(19(30)27-22(29)33)11-24-17-9-15-16(26-21(32)25-15)10-18(17)28-7-1-2-8-28/h3-6,9-11,31H,1-2,7-8H2,(H2,25,26,32)(H,27,30,33). The van der Waals surface area contributed by atoms with Crippen LogP contribution >= 0.6 is 11.6 Å². The molecule has 1 aliphatic rings. The smallest absolute Gasteiger partial charge is 0.335 e. The molecule has 0 unspecified atom stereocenters.